The van der Waals surface area contributed by atoms with Crippen molar-refractivity contribution in [2.45, 2.75) is 12.8 Å². The quantitative estimate of drug-likeness (QED) is 0.589. The molecule has 1 aromatic rings. The van der Waals surface area contributed by atoms with E-state index in [0.29, 0.717) is 26.0 Å². The summed E-state index contributed by atoms with van der Waals surface area (Å²) < 4.78 is 30.9. The molecular weight excluding hydrogens is 268 g/mol. The van der Waals surface area contributed by atoms with Gasteiger partial charge in [0, 0.05) is 25.5 Å². The fraction of sp³-hybridized carbons (Fsp3) is 0.583. The molecule has 0 amide bonds. The van der Waals surface area contributed by atoms with Gasteiger partial charge in [-0.3, -0.25) is 4.98 Å². The second-order valence-corrected chi connectivity index (χ2v) is 5.93. The number of aliphatic hydroxyl groups is 1. The Hall–Kier alpha value is -1.02. The fourth-order valence-corrected chi connectivity index (χ4v) is 2.55. The number of aliphatic hydroxyl groups excluding tert-OH is 1. The van der Waals surface area contributed by atoms with Gasteiger partial charge in [0.2, 0.25) is 10.0 Å². The second kappa shape index (κ2) is 8.98. The van der Waals surface area contributed by atoms with Crippen LogP contribution in [0.25, 0.3) is 0 Å². The molecule has 7 heteroatoms. The summed E-state index contributed by atoms with van der Waals surface area (Å²) in [5.41, 5.74) is 0.951. The van der Waals surface area contributed by atoms with E-state index in [4.69, 9.17) is 9.84 Å². The maximum atomic E-state index is 11.7. The van der Waals surface area contributed by atoms with Crippen molar-refractivity contribution in [3.05, 3.63) is 30.1 Å². The van der Waals surface area contributed by atoms with Crippen molar-refractivity contribution >= 4 is 10.0 Å². The fourth-order valence-electron chi connectivity index (χ4n) is 1.44. The van der Waals surface area contributed by atoms with Crippen molar-refractivity contribution in [2.24, 2.45) is 0 Å². The van der Waals surface area contributed by atoms with Gasteiger partial charge in [0.1, 0.15) is 0 Å². The molecule has 2 N–H and O–H groups in total. The van der Waals surface area contributed by atoms with E-state index in [9.17, 15) is 8.42 Å². The monoisotopic (exact) mass is 288 g/mol. The average molecular weight is 288 g/mol. The molecule has 108 valence electrons. The molecule has 0 unspecified atom stereocenters. The number of aryl methyl sites for hydroxylation is 1. The molecule has 0 fully saturated rings. The summed E-state index contributed by atoms with van der Waals surface area (Å²) in [5, 5.41) is 8.49. The number of aromatic nitrogens is 1. The Kier molecular flexibility index (Phi) is 7.57. The summed E-state index contributed by atoms with van der Waals surface area (Å²) >= 11 is 0. The van der Waals surface area contributed by atoms with E-state index in [1.54, 1.807) is 24.5 Å². The Morgan fingerprint density at radius 1 is 1.26 bits per heavy atom. The van der Waals surface area contributed by atoms with Crippen molar-refractivity contribution in [3.8, 4) is 0 Å². The first-order chi connectivity index (χ1) is 9.14. The molecule has 0 bridgehead atoms. The highest BCUT2D eigenvalue weighted by atomic mass is 32.2. The number of sulfonamides is 1. The lowest BCUT2D eigenvalue weighted by molar-refractivity contribution is 0.0913. The topological polar surface area (TPSA) is 88.5 Å². The number of rotatable bonds is 10. The zero-order valence-corrected chi connectivity index (χ0v) is 11.6. The van der Waals surface area contributed by atoms with Crippen LogP contribution in [0.15, 0.2) is 24.5 Å². The Bertz CT molecular complexity index is 436. The lowest BCUT2D eigenvalue weighted by atomic mass is 10.2. The van der Waals surface area contributed by atoms with E-state index in [1.807, 2.05) is 0 Å². The van der Waals surface area contributed by atoms with Gasteiger partial charge in [0.15, 0.2) is 0 Å². The maximum Gasteiger partial charge on any atom is 0.211 e. The van der Waals surface area contributed by atoms with E-state index in [1.165, 1.54) is 0 Å². The average Bonchev–Trinajstić information content (AvgIpc) is 2.42. The SMILES string of the molecule is O=S(=O)(CCc1ccncc1)NCCCOCCO. The number of ether oxygens (including phenoxy) is 1. The number of nitrogens with one attached hydrogen (secondary N) is 1. The van der Waals surface area contributed by atoms with Gasteiger partial charge in [-0.2, -0.15) is 0 Å². The van der Waals surface area contributed by atoms with Crippen LogP contribution in [0.1, 0.15) is 12.0 Å². The van der Waals surface area contributed by atoms with Gasteiger partial charge in [-0.25, -0.2) is 13.1 Å². The molecule has 1 heterocycles. The maximum absolute atomic E-state index is 11.7. The number of pyridine rings is 1. The minimum Gasteiger partial charge on any atom is -0.394 e. The minimum absolute atomic E-state index is 0.0162. The number of nitrogens with zero attached hydrogens (tertiary/aromatic N) is 1. The third kappa shape index (κ3) is 7.89. The largest absolute Gasteiger partial charge is 0.394 e. The third-order valence-corrected chi connectivity index (χ3v) is 3.82. The lowest BCUT2D eigenvalue weighted by Crippen LogP contribution is -2.28. The zero-order chi connectivity index (χ0) is 14.0. The van der Waals surface area contributed by atoms with Gasteiger partial charge < -0.3 is 9.84 Å². The van der Waals surface area contributed by atoms with Crippen LogP contribution >= 0.6 is 0 Å². The van der Waals surface area contributed by atoms with Gasteiger partial charge in [-0.05, 0) is 30.5 Å². The molecule has 6 nitrogen and oxygen atoms in total. The highest BCUT2D eigenvalue weighted by molar-refractivity contribution is 7.89. The molecule has 19 heavy (non-hydrogen) atoms. The Labute approximate surface area is 113 Å². The summed E-state index contributed by atoms with van der Waals surface area (Å²) in [6.45, 7) is 1.06. The first-order valence-corrected chi connectivity index (χ1v) is 7.84. The molecule has 0 saturated carbocycles. The highest BCUT2D eigenvalue weighted by Crippen LogP contribution is 1.99. The standard InChI is InChI=1S/C12H20N2O4S/c15-8-10-18-9-1-5-14-19(16,17)11-4-12-2-6-13-7-3-12/h2-3,6-7,14-15H,1,4-5,8-11H2. The van der Waals surface area contributed by atoms with Crippen LogP contribution in [0.2, 0.25) is 0 Å². The summed E-state index contributed by atoms with van der Waals surface area (Å²) in [6.07, 6.45) is 4.36. The number of hydrogen-bond donors (Lipinski definition) is 2. The van der Waals surface area contributed by atoms with Gasteiger partial charge in [0.05, 0.1) is 19.0 Å². The molecule has 0 saturated heterocycles. The third-order valence-electron chi connectivity index (χ3n) is 2.43. The summed E-state index contributed by atoms with van der Waals surface area (Å²) in [5.74, 6) is 0.0640. The second-order valence-electron chi connectivity index (χ2n) is 4.01. The Morgan fingerprint density at radius 2 is 2.00 bits per heavy atom. The summed E-state index contributed by atoms with van der Waals surface area (Å²) in [4.78, 5) is 3.88. The van der Waals surface area contributed by atoms with Crippen LogP contribution in [0.3, 0.4) is 0 Å². The van der Waals surface area contributed by atoms with Gasteiger partial charge >= 0.3 is 0 Å². The molecule has 0 atom stereocenters. The van der Waals surface area contributed by atoms with E-state index in [2.05, 4.69) is 9.71 Å². The Morgan fingerprint density at radius 3 is 2.68 bits per heavy atom. The van der Waals surface area contributed by atoms with Crippen LogP contribution < -0.4 is 4.72 Å². The minimum atomic E-state index is -3.25. The molecule has 0 radical (unpaired) electrons. The van der Waals surface area contributed by atoms with Crippen LogP contribution in [0.4, 0.5) is 0 Å². The van der Waals surface area contributed by atoms with E-state index < -0.39 is 10.0 Å². The van der Waals surface area contributed by atoms with Crippen LogP contribution in [0.5, 0.6) is 0 Å². The van der Waals surface area contributed by atoms with Gasteiger partial charge in [0.25, 0.3) is 0 Å². The van der Waals surface area contributed by atoms with E-state index in [0.717, 1.165) is 5.56 Å². The molecule has 1 rings (SSSR count). The predicted octanol–water partition coefficient (Wildman–Crippen LogP) is -0.0575. The molecular formula is C12H20N2O4S. The summed E-state index contributed by atoms with van der Waals surface area (Å²) in [6, 6.07) is 3.61. The van der Waals surface area contributed by atoms with Gasteiger partial charge in [-0.15, -0.1) is 0 Å². The first kappa shape index (κ1) is 16.0. The van der Waals surface area contributed by atoms with Crippen LogP contribution in [-0.4, -0.2) is 50.6 Å². The van der Waals surface area contributed by atoms with Gasteiger partial charge in [-0.1, -0.05) is 0 Å². The highest BCUT2D eigenvalue weighted by Gasteiger charge is 2.09. The first-order valence-electron chi connectivity index (χ1n) is 6.19. The molecule has 1 aromatic heterocycles. The van der Waals surface area contributed by atoms with E-state index >= 15 is 0 Å². The lowest BCUT2D eigenvalue weighted by Gasteiger charge is -2.07. The molecule has 0 spiro atoms. The van der Waals surface area contributed by atoms with E-state index in [-0.39, 0.29) is 19.0 Å². The van der Waals surface area contributed by atoms with Crippen LogP contribution in [0, 0.1) is 0 Å². The van der Waals surface area contributed by atoms with Crippen LogP contribution in [-0.2, 0) is 21.2 Å². The smallest absolute Gasteiger partial charge is 0.211 e. The van der Waals surface area contributed by atoms with Crippen molar-refractivity contribution in [2.75, 3.05) is 32.1 Å². The Balaban J connectivity index is 2.17. The predicted molar refractivity (Wildman–Crippen MR) is 72.3 cm³/mol. The normalized spacial score (nSPS) is 11.6. The van der Waals surface area contributed by atoms with Crippen molar-refractivity contribution in [1.82, 2.24) is 9.71 Å². The zero-order valence-electron chi connectivity index (χ0n) is 10.8. The van der Waals surface area contributed by atoms with Crippen molar-refractivity contribution < 1.29 is 18.3 Å². The van der Waals surface area contributed by atoms with Crippen molar-refractivity contribution in [1.29, 1.82) is 0 Å². The number of hydrogen-bond acceptors (Lipinski definition) is 5. The van der Waals surface area contributed by atoms with Crippen molar-refractivity contribution in [3.63, 3.8) is 0 Å². The molecule has 0 aliphatic rings. The molecule has 0 aromatic carbocycles. The molecule has 0 aliphatic heterocycles. The molecule has 0 aliphatic carbocycles. The summed E-state index contributed by atoms with van der Waals surface area (Å²) in [7, 11) is -3.25.